The van der Waals surface area contributed by atoms with Gasteiger partial charge in [-0.1, -0.05) is 0 Å². The quantitative estimate of drug-likeness (QED) is 0.614. The van der Waals surface area contributed by atoms with Gasteiger partial charge in [0.25, 0.3) is 0 Å². The highest BCUT2D eigenvalue weighted by Gasteiger charge is 2.09. The lowest BCUT2D eigenvalue weighted by Crippen LogP contribution is -2.38. The molecule has 0 heterocycles. The molecular weight excluding hydrogens is 150 g/mol. The van der Waals surface area contributed by atoms with Gasteiger partial charge in [-0.05, 0) is 48.2 Å². The lowest BCUT2D eigenvalue weighted by Gasteiger charge is -2.25. The number of hydrogen-bond acceptors (Lipinski definition) is 3. The number of rotatable bonds is 6. The molecule has 0 fully saturated rings. The second-order valence-electron chi connectivity index (χ2n) is 3.77. The first-order valence-corrected chi connectivity index (χ1v) is 4.53. The zero-order chi connectivity index (χ0) is 9.56. The van der Waals surface area contributed by atoms with Gasteiger partial charge in [0.15, 0.2) is 0 Å². The zero-order valence-corrected chi connectivity index (χ0v) is 9.09. The van der Waals surface area contributed by atoms with Crippen LogP contribution >= 0.6 is 0 Å². The largest absolute Gasteiger partial charge is 0.318 e. The molecule has 0 aromatic carbocycles. The number of nitrogens with one attached hydrogen (secondary N) is 1. The predicted molar refractivity (Wildman–Crippen MR) is 54.6 cm³/mol. The lowest BCUT2D eigenvalue weighted by molar-refractivity contribution is 0.247. The van der Waals surface area contributed by atoms with Crippen LogP contribution in [0.5, 0.6) is 0 Å². The van der Waals surface area contributed by atoms with Crippen LogP contribution in [0.15, 0.2) is 0 Å². The van der Waals surface area contributed by atoms with Gasteiger partial charge < -0.3 is 15.1 Å². The standard InChI is InChI=1S/C9H23N3/c1-10-8-9(12(4)5)6-7-11(2)3/h9-10H,6-8H2,1-5H3. The number of nitrogens with zero attached hydrogens (tertiary/aromatic N) is 2. The van der Waals surface area contributed by atoms with Gasteiger partial charge in [-0.2, -0.15) is 0 Å². The minimum atomic E-state index is 0.650. The maximum Gasteiger partial charge on any atom is 0.0226 e. The SMILES string of the molecule is CNCC(CCN(C)C)N(C)C. The Hall–Kier alpha value is -0.120. The summed E-state index contributed by atoms with van der Waals surface area (Å²) in [6.07, 6.45) is 1.22. The molecule has 0 aromatic heterocycles. The summed E-state index contributed by atoms with van der Waals surface area (Å²) in [7, 11) is 10.5. The van der Waals surface area contributed by atoms with E-state index in [0.717, 1.165) is 13.1 Å². The Bertz CT molecular complexity index is 102. The van der Waals surface area contributed by atoms with Crippen molar-refractivity contribution in [1.82, 2.24) is 15.1 Å². The van der Waals surface area contributed by atoms with Crippen LogP contribution in [0.1, 0.15) is 6.42 Å². The van der Waals surface area contributed by atoms with Crippen molar-refractivity contribution in [2.75, 3.05) is 48.3 Å². The van der Waals surface area contributed by atoms with Crippen LogP contribution in [-0.2, 0) is 0 Å². The normalized spacial score (nSPS) is 14.2. The van der Waals surface area contributed by atoms with Crippen LogP contribution < -0.4 is 5.32 Å². The smallest absolute Gasteiger partial charge is 0.0226 e. The highest BCUT2D eigenvalue weighted by molar-refractivity contribution is 4.69. The van der Waals surface area contributed by atoms with E-state index in [9.17, 15) is 0 Å². The van der Waals surface area contributed by atoms with Gasteiger partial charge >= 0.3 is 0 Å². The van der Waals surface area contributed by atoms with Gasteiger partial charge in [-0.25, -0.2) is 0 Å². The summed E-state index contributed by atoms with van der Waals surface area (Å²) in [5, 5.41) is 3.21. The van der Waals surface area contributed by atoms with Gasteiger partial charge in [0.05, 0.1) is 0 Å². The molecule has 3 heteroatoms. The second-order valence-corrected chi connectivity index (χ2v) is 3.77. The topological polar surface area (TPSA) is 18.5 Å². The Morgan fingerprint density at radius 1 is 1.17 bits per heavy atom. The van der Waals surface area contributed by atoms with Gasteiger partial charge in [0.2, 0.25) is 0 Å². The summed E-state index contributed by atoms with van der Waals surface area (Å²) in [5.41, 5.74) is 0. The van der Waals surface area contributed by atoms with Crippen molar-refractivity contribution in [3.05, 3.63) is 0 Å². The maximum atomic E-state index is 3.21. The molecule has 0 spiro atoms. The van der Waals surface area contributed by atoms with Crippen molar-refractivity contribution >= 4 is 0 Å². The number of likely N-dealkylation sites (N-methyl/N-ethyl adjacent to an activating group) is 2. The average molecular weight is 173 g/mol. The van der Waals surface area contributed by atoms with Crippen molar-refractivity contribution < 1.29 is 0 Å². The fourth-order valence-electron chi connectivity index (χ4n) is 1.19. The van der Waals surface area contributed by atoms with Crippen LogP contribution in [0.3, 0.4) is 0 Å². The second kappa shape index (κ2) is 6.40. The highest BCUT2D eigenvalue weighted by Crippen LogP contribution is 1.98. The molecule has 0 aliphatic heterocycles. The fraction of sp³-hybridized carbons (Fsp3) is 1.00. The van der Waals surface area contributed by atoms with E-state index in [0.29, 0.717) is 6.04 Å². The van der Waals surface area contributed by atoms with Crippen LogP contribution in [0.4, 0.5) is 0 Å². The van der Waals surface area contributed by atoms with E-state index >= 15 is 0 Å². The first kappa shape index (κ1) is 11.9. The molecule has 0 rings (SSSR count). The summed E-state index contributed by atoms with van der Waals surface area (Å²) >= 11 is 0. The third-order valence-electron chi connectivity index (χ3n) is 2.08. The van der Waals surface area contributed by atoms with Gasteiger partial charge in [0, 0.05) is 12.6 Å². The molecule has 12 heavy (non-hydrogen) atoms. The molecule has 0 aliphatic rings. The molecule has 1 N–H and O–H groups in total. The Morgan fingerprint density at radius 2 is 1.75 bits per heavy atom. The van der Waals surface area contributed by atoms with E-state index in [1.165, 1.54) is 6.42 Å². The Kier molecular flexibility index (Phi) is 6.34. The third kappa shape index (κ3) is 5.52. The summed E-state index contributed by atoms with van der Waals surface area (Å²) in [4.78, 5) is 4.51. The van der Waals surface area contributed by atoms with E-state index < -0.39 is 0 Å². The minimum absolute atomic E-state index is 0.650. The molecule has 1 unspecified atom stereocenters. The molecular formula is C9H23N3. The van der Waals surface area contributed by atoms with E-state index in [1.807, 2.05) is 7.05 Å². The summed E-state index contributed by atoms with van der Waals surface area (Å²) < 4.78 is 0. The minimum Gasteiger partial charge on any atom is -0.318 e. The molecule has 0 saturated carbocycles. The fourth-order valence-corrected chi connectivity index (χ4v) is 1.19. The maximum absolute atomic E-state index is 3.21. The third-order valence-corrected chi connectivity index (χ3v) is 2.08. The first-order valence-electron chi connectivity index (χ1n) is 4.53. The van der Waals surface area contributed by atoms with Gasteiger partial charge in [-0.15, -0.1) is 0 Å². The zero-order valence-electron chi connectivity index (χ0n) is 9.09. The summed E-state index contributed by atoms with van der Waals surface area (Å²) in [6.45, 7) is 2.23. The van der Waals surface area contributed by atoms with Crippen LogP contribution in [0.2, 0.25) is 0 Å². The molecule has 74 valence electrons. The first-order chi connectivity index (χ1) is 5.57. The van der Waals surface area contributed by atoms with Gasteiger partial charge in [0.1, 0.15) is 0 Å². The van der Waals surface area contributed by atoms with Crippen molar-refractivity contribution in [3.8, 4) is 0 Å². The molecule has 0 bridgehead atoms. The Balaban J connectivity index is 3.63. The Morgan fingerprint density at radius 3 is 2.08 bits per heavy atom. The van der Waals surface area contributed by atoms with Crippen molar-refractivity contribution in [2.24, 2.45) is 0 Å². The molecule has 0 saturated heterocycles. The molecule has 1 atom stereocenters. The van der Waals surface area contributed by atoms with Crippen LogP contribution in [0, 0.1) is 0 Å². The number of hydrogen-bond donors (Lipinski definition) is 1. The van der Waals surface area contributed by atoms with E-state index in [-0.39, 0.29) is 0 Å². The molecule has 0 aliphatic carbocycles. The Labute approximate surface area is 76.7 Å². The molecule has 3 nitrogen and oxygen atoms in total. The van der Waals surface area contributed by atoms with E-state index in [4.69, 9.17) is 0 Å². The van der Waals surface area contributed by atoms with Crippen LogP contribution in [0.25, 0.3) is 0 Å². The average Bonchev–Trinajstić information content (AvgIpc) is 1.96. The van der Waals surface area contributed by atoms with Crippen LogP contribution in [-0.4, -0.2) is 64.2 Å². The van der Waals surface area contributed by atoms with E-state index in [1.54, 1.807) is 0 Å². The summed E-state index contributed by atoms with van der Waals surface area (Å²) in [5.74, 6) is 0. The van der Waals surface area contributed by atoms with Crippen molar-refractivity contribution in [2.45, 2.75) is 12.5 Å². The molecule has 0 amide bonds. The highest BCUT2D eigenvalue weighted by atomic mass is 15.1. The lowest BCUT2D eigenvalue weighted by atomic mass is 10.2. The van der Waals surface area contributed by atoms with Crippen molar-refractivity contribution in [1.29, 1.82) is 0 Å². The molecule has 0 radical (unpaired) electrons. The van der Waals surface area contributed by atoms with E-state index in [2.05, 4.69) is 43.3 Å². The summed E-state index contributed by atoms with van der Waals surface area (Å²) in [6, 6.07) is 0.650. The predicted octanol–water partition coefficient (Wildman–Crippen LogP) is 0.0877. The van der Waals surface area contributed by atoms with Crippen molar-refractivity contribution in [3.63, 3.8) is 0 Å². The monoisotopic (exact) mass is 173 g/mol. The van der Waals surface area contributed by atoms with Gasteiger partial charge in [-0.3, -0.25) is 0 Å². The molecule has 0 aromatic rings.